The highest BCUT2D eigenvalue weighted by Gasteiger charge is 2.30. The Morgan fingerprint density at radius 2 is 1.76 bits per heavy atom. The Balaban J connectivity index is 1.97. The molecule has 1 amide bonds. The highest BCUT2D eigenvalue weighted by Crippen LogP contribution is 2.41. The van der Waals surface area contributed by atoms with Crippen LogP contribution in [0.2, 0.25) is 0 Å². The number of hydrogen-bond donors (Lipinski definition) is 0. The number of fused-ring (bicyclic) bond motifs is 2. The molecule has 4 nitrogen and oxygen atoms in total. The first-order chi connectivity index (χ1) is 12.2. The molecule has 0 saturated heterocycles. The van der Waals surface area contributed by atoms with Gasteiger partial charge in [0.15, 0.2) is 5.82 Å². The normalized spacial score (nSPS) is 13.3. The monoisotopic (exact) mass is 329 g/mol. The van der Waals surface area contributed by atoms with Crippen molar-refractivity contribution in [3.05, 3.63) is 83.6 Å². The molecule has 2 aromatic carbocycles. The molecule has 1 aliphatic rings. The fraction of sp³-hybridized carbons (Fsp3) is 0.143. The van der Waals surface area contributed by atoms with Gasteiger partial charge in [0.1, 0.15) is 0 Å². The summed E-state index contributed by atoms with van der Waals surface area (Å²) < 4.78 is 0. The molecule has 0 radical (unpaired) electrons. The summed E-state index contributed by atoms with van der Waals surface area (Å²) in [5.74, 6) is 0.791. The maximum absolute atomic E-state index is 13.0. The van der Waals surface area contributed by atoms with Gasteiger partial charge in [0.25, 0.3) is 5.91 Å². The van der Waals surface area contributed by atoms with Gasteiger partial charge in [-0.3, -0.25) is 4.79 Å². The first kappa shape index (κ1) is 15.4. The standard InChI is InChI=1S/C21H19N3O/c1-15-8-6-11-17-19(15)24(14-16-9-4-3-5-10-16)20-18(12-7-13-22-20)23(2)21(17)25/h3-13H,14H2,1-2H3. The number of benzene rings is 2. The summed E-state index contributed by atoms with van der Waals surface area (Å²) in [6.07, 6.45) is 1.78. The van der Waals surface area contributed by atoms with E-state index in [2.05, 4.69) is 22.0 Å². The number of rotatable bonds is 2. The molecule has 3 aromatic rings. The SMILES string of the molecule is Cc1cccc2c1N(Cc1ccccc1)c1ncccc1N(C)C2=O. The number of amides is 1. The van der Waals surface area contributed by atoms with Gasteiger partial charge in [-0.2, -0.15) is 0 Å². The molecule has 2 heterocycles. The maximum Gasteiger partial charge on any atom is 0.260 e. The van der Waals surface area contributed by atoms with Crippen LogP contribution in [0.25, 0.3) is 0 Å². The van der Waals surface area contributed by atoms with Gasteiger partial charge < -0.3 is 9.80 Å². The summed E-state index contributed by atoms with van der Waals surface area (Å²) in [5.41, 5.74) is 4.69. The van der Waals surface area contributed by atoms with E-state index in [0.717, 1.165) is 22.8 Å². The Labute approximate surface area is 147 Å². The van der Waals surface area contributed by atoms with Crippen molar-refractivity contribution in [1.29, 1.82) is 0 Å². The van der Waals surface area contributed by atoms with E-state index in [1.54, 1.807) is 18.1 Å². The molecule has 0 N–H and O–H groups in total. The highest BCUT2D eigenvalue weighted by molar-refractivity contribution is 6.13. The second-order valence-electron chi connectivity index (χ2n) is 6.25. The third kappa shape index (κ3) is 2.56. The van der Waals surface area contributed by atoms with Gasteiger partial charge in [0.05, 0.1) is 16.9 Å². The predicted octanol–water partition coefficient (Wildman–Crippen LogP) is 4.32. The number of anilines is 3. The predicted molar refractivity (Wildman–Crippen MR) is 100 cm³/mol. The van der Waals surface area contributed by atoms with Crippen molar-refractivity contribution < 1.29 is 4.79 Å². The minimum atomic E-state index is -0.0106. The minimum Gasteiger partial charge on any atom is -0.319 e. The van der Waals surface area contributed by atoms with E-state index in [9.17, 15) is 4.79 Å². The molecule has 0 atom stereocenters. The van der Waals surface area contributed by atoms with Crippen LogP contribution in [0.4, 0.5) is 17.2 Å². The molecule has 4 rings (SSSR count). The molecule has 0 unspecified atom stereocenters. The molecule has 1 aliphatic heterocycles. The molecule has 0 saturated carbocycles. The zero-order valence-corrected chi connectivity index (χ0v) is 14.3. The van der Waals surface area contributed by atoms with Crippen LogP contribution in [-0.2, 0) is 6.54 Å². The fourth-order valence-corrected chi connectivity index (χ4v) is 3.36. The Morgan fingerprint density at radius 3 is 2.56 bits per heavy atom. The van der Waals surface area contributed by atoms with Gasteiger partial charge in [-0.15, -0.1) is 0 Å². The smallest absolute Gasteiger partial charge is 0.260 e. The second kappa shape index (κ2) is 6.06. The van der Waals surface area contributed by atoms with Gasteiger partial charge in [0.2, 0.25) is 0 Å². The number of pyridine rings is 1. The zero-order chi connectivity index (χ0) is 17.4. The lowest BCUT2D eigenvalue weighted by atomic mass is 10.1. The first-order valence-corrected chi connectivity index (χ1v) is 8.31. The van der Waals surface area contributed by atoms with Crippen LogP contribution in [0.15, 0.2) is 66.9 Å². The number of aryl methyl sites for hydroxylation is 1. The molecule has 0 fully saturated rings. The van der Waals surface area contributed by atoms with Crippen LogP contribution >= 0.6 is 0 Å². The molecule has 25 heavy (non-hydrogen) atoms. The lowest BCUT2D eigenvalue weighted by molar-refractivity contribution is 0.0994. The van der Waals surface area contributed by atoms with Crippen molar-refractivity contribution >= 4 is 23.1 Å². The Kier molecular flexibility index (Phi) is 3.73. The highest BCUT2D eigenvalue weighted by atomic mass is 16.2. The third-order valence-electron chi connectivity index (χ3n) is 4.61. The second-order valence-corrected chi connectivity index (χ2v) is 6.25. The average Bonchev–Trinajstić information content (AvgIpc) is 2.73. The number of carbonyl (C=O) groups excluding carboxylic acids is 1. The number of hydrogen-bond acceptors (Lipinski definition) is 3. The van der Waals surface area contributed by atoms with Gasteiger partial charge in [0, 0.05) is 19.8 Å². The number of nitrogens with zero attached hydrogens (tertiary/aromatic N) is 3. The van der Waals surface area contributed by atoms with E-state index in [-0.39, 0.29) is 5.91 Å². The number of carbonyl (C=O) groups is 1. The Bertz CT molecular complexity index is 937. The van der Waals surface area contributed by atoms with Crippen LogP contribution in [0, 0.1) is 6.92 Å². The molecule has 4 heteroatoms. The van der Waals surface area contributed by atoms with Crippen molar-refractivity contribution in [1.82, 2.24) is 4.98 Å². The molecule has 0 aliphatic carbocycles. The lowest BCUT2D eigenvalue weighted by Crippen LogP contribution is -2.25. The van der Waals surface area contributed by atoms with E-state index in [4.69, 9.17) is 0 Å². The lowest BCUT2D eigenvalue weighted by Gasteiger charge is -2.26. The molecule has 124 valence electrons. The van der Waals surface area contributed by atoms with Crippen LogP contribution < -0.4 is 9.80 Å². The molecule has 1 aromatic heterocycles. The third-order valence-corrected chi connectivity index (χ3v) is 4.61. The van der Waals surface area contributed by atoms with E-state index < -0.39 is 0 Å². The van der Waals surface area contributed by atoms with Gasteiger partial charge >= 0.3 is 0 Å². The number of para-hydroxylation sites is 1. The van der Waals surface area contributed by atoms with Crippen molar-refractivity contribution in [3.8, 4) is 0 Å². The van der Waals surface area contributed by atoms with E-state index in [1.807, 2.05) is 55.5 Å². The molecule has 0 spiro atoms. The maximum atomic E-state index is 13.0. The molecular formula is C21H19N3O. The summed E-state index contributed by atoms with van der Waals surface area (Å²) >= 11 is 0. The quantitative estimate of drug-likeness (QED) is 0.702. The van der Waals surface area contributed by atoms with Gasteiger partial charge in [-0.25, -0.2) is 4.98 Å². The number of aromatic nitrogens is 1. The summed E-state index contributed by atoms with van der Waals surface area (Å²) in [6.45, 7) is 2.70. The summed E-state index contributed by atoms with van der Waals surface area (Å²) in [5, 5.41) is 0. The van der Waals surface area contributed by atoms with Crippen molar-refractivity contribution in [2.45, 2.75) is 13.5 Å². The minimum absolute atomic E-state index is 0.0106. The van der Waals surface area contributed by atoms with Crippen LogP contribution in [0.3, 0.4) is 0 Å². The fourth-order valence-electron chi connectivity index (χ4n) is 3.36. The summed E-state index contributed by atoms with van der Waals surface area (Å²) in [4.78, 5) is 21.5. The Morgan fingerprint density at radius 1 is 0.960 bits per heavy atom. The van der Waals surface area contributed by atoms with Gasteiger partial charge in [-0.1, -0.05) is 42.5 Å². The largest absolute Gasteiger partial charge is 0.319 e. The van der Waals surface area contributed by atoms with E-state index in [0.29, 0.717) is 12.1 Å². The van der Waals surface area contributed by atoms with E-state index >= 15 is 0 Å². The summed E-state index contributed by atoms with van der Waals surface area (Å²) in [6, 6.07) is 19.9. The van der Waals surface area contributed by atoms with Crippen LogP contribution in [-0.4, -0.2) is 17.9 Å². The van der Waals surface area contributed by atoms with Crippen molar-refractivity contribution in [2.75, 3.05) is 16.8 Å². The topological polar surface area (TPSA) is 36.4 Å². The molecule has 0 bridgehead atoms. The Hall–Kier alpha value is -3.14. The van der Waals surface area contributed by atoms with Crippen molar-refractivity contribution in [2.24, 2.45) is 0 Å². The first-order valence-electron chi connectivity index (χ1n) is 8.31. The van der Waals surface area contributed by atoms with Gasteiger partial charge in [-0.05, 0) is 36.2 Å². The van der Waals surface area contributed by atoms with Crippen LogP contribution in [0.5, 0.6) is 0 Å². The van der Waals surface area contributed by atoms with Crippen molar-refractivity contribution in [3.63, 3.8) is 0 Å². The summed E-state index contributed by atoms with van der Waals surface area (Å²) in [7, 11) is 1.81. The average molecular weight is 329 g/mol. The van der Waals surface area contributed by atoms with Crippen LogP contribution in [0.1, 0.15) is 21.5 Å². The zero-order valence-electron chi connectivity index (χ0n) is 14.3. The van der Waals surface area contributed by atoms with E-state index in [1.165, 1.54) is 5.56 Å². The molecular weight excluding hydrogens is 310 g/mol.